The van der Waals surface area contributed by atoms with E-state index in [1.54, 1.807) is 12.1 Å². The highest BCUT2D eigenvalue weighted by molar-refractivity contribution is 5.95. The van der Waals surface area contributed by atoms with Crippen LogP contribution in [-0.2, 0) is 6.42 Å². The van der Waals surface area contributed by atoms with E-state index in [4.69, 9.17) is 0 Å². The summed E-state index contributed by atoms with van der Waals surface area (Å²) in [6.07, 6.45) is 2.83. The van der Waals surface area contributed by atoms with E-state index in [-0.39, 0.29) is 29.2 Å². The molecule has 1 saturated carbocycles. The molecule has 1 aliphatic carbocycles. The Balaban J connectivity index is 2.05. The normalized spacial score (nSPS) is 21.2. The Morgan fingerprint density at radius 2 is 2.24 bits per heavy atom. The average molecular weight is 292 g/mol. The Morgan fingerprint density at radius 3 is 2.81 bits per heavy atom. The number of rotatable bonds is 5. The second-order valence-electron chi connectivity index (χ2n) is 5.42. The van der Waals surface area contributed by atoms with Crippen LogP contribution < -0.4 is 5.32 Å². The summed E-state index contributed by atoms with van der Waals surface area (Å²) in [5.41, 5.74) is 0.875. The van der Waals surface area contributed by atoms with Crippen molar-refractivity contribution >= 4 is 11.6 Å². The summed E-state index contributed by atoms with van der Waals surface area (Å²) in [5.74, 6) is -0.251. The number of carbonyl (C=O) groups excluding carboxylic acids is 1. The molecular weight excluding hydrogens is 272 g/mol. The standard InChI is InChI=1S/C15H20N2O4/c1-2-10-6-7-11(8-13(10)17(20)21)15(19)16-9-12-4-3-5-14(12)18/h6-8,12,14,18H,2-5,9H2,1H3,(H,16,19). The minimum atomic E-state index is -0.462. The second-order valence-corrected chi connectivity index (χ2v) is 5.42. The highest BCUT2D eigenvalue weighted by Crippen LogP contribution is 2.25. The molecule has 2 N–H and O–H groups in total. The van der Waals surface area contributed by atoms with Gasteiger partial charge in [0.2, 0.25) is 0 Å². The Labute approximate surface area is 123 Å². The zero-order valence-corrected chi connectivity index (χ0v) is 12.0. The van der Waals surface area contributed by atoms with Gasteiger partial charge in [-0.25, -0.2) is 0 Å². The van der Waals surface area contributed by atoms with Gasteiger partial charge in [-0.3, -0.25) is 14.9 Å². The van der Waals surface area contributed by atoms with E-state index in [9.17, 15) is 20.0 Å². The molecule has 0 saturated heterocycles. The molecule has 6 nitrogen and oxygen atoms in total. The summed E-state index contributed by atoms with van der Waals surface area (Å²) in [5, 5.41) is 23.5. The van der Waals surface area contributed by atoms with Gasteiger partial charge >= 0.3 is 0 Å². The summed E-state index contributed by atoms with van der Waals surface area (Å²) < 4.78 is 0. The van der Waals surface area contributed by atoms with Crippen LogP contribution in [0.15, 0.2) is 18.2 Å². The first-order valence-electron chi connectivity index (χ1n) is 7.26. The van der Waals surface area contributed by atoms with Gasteiger partial charge in [0.25, 0.3) is 11.6 Å². The van der Waals surface area contributed by atoms with Crippen molar-refractivity contribution in [2.75, 3.05) is 6.54 Å². The number of hydrogen-bond donors (Lipinski definition) is 2. The highest BCUT2D eigenvalue weighted by atomic mass is 16.6. The van der Waals surface area contributed by atoms with Crippen LogP contribution in [0, 0.1) is 16.0 Å². The molecule has 0 radical (unpaired) electrons. The minimum absolute atomic E-state index is 0.0222. The third kappa shape index (κ3) is 3.58. The van der Waals surface area contributed by atoms with Gasteiger partial charge in [-0.2, -0.15) is 0 Å². The first kappa shape index (κ1) is 15.4. The van der Waals surface area contributed by atoms with Gasteiger partial charge in [-0.15, -0.1) is 0 Å². The van der Waals surface area contributed by atoms with Gasteiger partial charge in [0.15, 0.2) is 0 Å². The largest absolute Gasteiger partial charge is 0.393 e. The van der Waals surface area contributed by atoms with Crippen LogP contribution in [0.1, 0.15) is 42.1 Å². The molecule has 0 spiro atoms. The third-order valence-electron chi connectivity index (χ3n) is 4.07. The number of aliphatic hydroxyl groups is 1. The smallest absolute Gasteiger partial charge is 0.273 e. The molecular formula is C15H20N2O4. The number of carbonyl (C=O) groups is 1. The number of benzene rings is 1. The molecule has 1 aliphatic rings. The molecule has 2 unspecified atom stereocenters. The van der Waals surface area contributed by atoms with Crippen molar-refractivity contribution in [1.29, 1.82) is 0 Å². The fourth-order valence-corrected chi connectivity index (χ4v) is 2.76. The first-order chi connectivity index (χ1) is 10.0. The summed E-state index contributed by atoms with van der Waals surface area (Å²) in [4.78, 5) is 22.6. The Hall–Kier alpha value is -1.95. The van der Waals surface area contributed by atoms with E-state index < -0.39 is 4.92 Å². The lowest BCUT2D eigenvalue weighted by molar-refractivity contribution is -0.385. The maximum atomic E-state index is 12.1. The van der Waals surface area contributed by atoms with Crippen LogP contribution in [0.4, 0.5) is 5.69 Å². The van der Waals surface area contributed by atoms with E-state index in [2.05, 4.69) is 5.32 Å². The van der Waals surface area contributed by atoms with Gasteiger partial charge in [-0.1, -0.05) is 19.4 Å². The lowest BCUT2D eigenvalue weighted by atomic mass is 10.0. The zero-order chi connectivity index (χ0) is 15.4. The van der Waals surface area contributed by atoms with Crippen LogP contribution in [-0.4, -0.2) is 28.6 Å². The maximum Gasteiger partial charge on any atom is 0.273 e. The number of nitrogens with one attached hydrogen (secondary N) is 1. The molecule has 1 amide bonds. The molecule has 114 valence electrons. The van der Waals surface area contributed by atoms with Gasteiger partial charge in [-0.05, 0) is 25.3 Å². The molecule has 1 fully saturated rings. The molecule has 2 rings (SSSR count). The van der Waals surface area contributed by atoms with Crippen LogP contribution in [0.2, 0.25) is 0 Å². The molecule has 6 heteroatoms. The maximum absolute atomic E-state index is 12.1. The summed E-state index contributed by atoms with van der Waals surface area (Å²) in [6.45, 7) is 2.24. The number of nitrogens with zero attached hydrogens (tertiary/aromatic N) is 1. The molecule has 0 bridgehead atoms. The Kier molecular flexibility index (Phi) is 4.90. The van der Waals surface area contributed by atoms with E-state index in [0.717, 1.165) is 19.3 Å². The lowest BCUT2D eigenvalue weighted by Gasteiger charge is -2.15. The van der Waals surface area contributed by atoms with Gasteiger partial charge < -0.3 is 10.4 Å². The van der Waals surface area contributed by atoms with Crippen LogP contribution in [0.25, 0.3) is 0 Å². The average Bonchev–Trinajstić information content (AvgIpc) is 2.89. The summed E-state index contributed by atoms with van der Waals surface area (Å²) in [7, 11) is 0. The van der Waals surface area contributed by atoms with Crippen molar-refractivity contribution < 1.29 is 14.8 Å². The fraction of sp³-hybridized carbons (Fsp3) is 0.533. The molecule has 21 heavy (non-hydrogen) atoms. The lowest BCUT2D eigenvalue weighted by Crippen LogP contribution is -2.32. The number of amides is 1. The monoisotopic (exact) mass is 292 g/mol. The molecule has 0 heterocycles. The zero-order valence-electron chi connectivity index (χ0n) is 12.0. The van der Waals surface area contributed by atoms with E-state index in [1.807, 2.05) is 6.92 Å². The predicted octanol–water partition coefficient (Wildman–Crippen LogP) is 2.05. The SMILES string of the molecule is CCc1ccc(C(=O)NCC2CCCC2O)cc1[N+](=O)[O-]. The summed E-state index contributed by atoms with van der Waals surface area (Å²) >= 11 is 0. The predicted molar refractivity (Wildman–Crippen MR) is 78.2 cm³/mol. The second kappa shape index (κ2) is 6.67. The van der Waals surface area contributed by atoms with Crippen molar-refractivity contribution in [3.8, 4) is 0 Å². The van der Waals surface area contributed by atoms with Crippen molar-refractivity contribution in [3.63, 3.8) is 0 Å². The van der Waals surface area contributed by atoms with E-state index >= 15 is 0 Å². The molecule has 1 aromatic rings. The van der Waals surface area contributed by atoms with Crippen molar-refractivity contribution in [2.45, 2.75) is 38.7 Å². The molecule has 0 aromatic heterocycles. The fourth-order valence-electron chi connectivity index (χ4n) is 2.76. The summed E-state index contributed by atoms with van der Waals surface area (Å²) in [6, 6.07) is 4.54. The van der Waals surface area contributed by atoms with Crippen molar-refractivity contribution in [3.05, 3.63) is 39.4 Å². The van der Waals surface area contributed by atoms with E-state index in [1.165, 1.54) is 6.07 Å². The number of aryl methyl sites for hydroxylation is 1. The number of nitro groups is 1. The molecule has 2 atom stereocenters. The topological polar surface area (TPSA) is 92.5 Å². The van der Waals surface area contributed by atoms with Crippen molar-refractivity contribution in [2.24, 2.45) is 5.92 Å². The number of aliphatic hydroxyl groups excluding tert-OH is 1. The number of nitro benzene ring substituents is 1. The van der Waals surface area contributed by atoms with Crippen LogP contribution in [0.5, 0.6) is 0 Å². The third-order valence-corrected chi connectivity index (χ3v) is 4.07. The van der Waals surface area contributed by atoms with Gasteiger partial charge in [0.1, 0.15) is 0 Å². The number of hydrogen-bond acceptors (Lipinski definition) is 4. The van der Waals surface area contributed by atoms with Crippen LogP contribution in [0.3, 0.4) is 0 Å². The molecule has 1 aromatic carbocycles. The molecule has 0 aliphatic heterocycles. The Bertz CT molecular complexity index is 544. The Morgan fingerprint density at radius 1 is 1.48 bits per heavy atom. The van der Waals surface area contributed by atoms with Gasteiger partial charge in [0, 0.05) is 29.7 Å². The van der Waals surface area contributed by atoms with Crippen LogP contribution >= 0.6 is 0 Å². The minimum Gasteiger partial charge on any atom is -0.393 e. The van der Waals surface area contributed by atoms with E-state index in [0.29, 0.717) is 18.5 Å². The first-order valence-corrected chi connectivity index (χ1v) is 7.26. The highest BCUT2D eigenvalue weighted by Gasteiger charge is 2.25. The van der Waals surface area contributed by atoms with Crippen molar-refractivity contribution in [1.82, 2.24) is 5.32 Å². The quantitative estimate of drug-likeness (QED) is 0.641. The van der Waals surface area contributed by atoms with Gasteiger partial charge in [0.05, 0.1) is 11.0 Å².